The van der Waals surface area contributed by atoms with E-state index in [-0.39, 0.29) is 12.1 Å². The minimum Gasteiger partial charge on any atom is -0.480 e. The average molecular weight is 274 g/mol. The van der Waals surface area contributed by atoms with Crippen LogP contribution in [0.15, 0.2) is 0 Å². The summed E-state index contributed by atoms with van der Waals surface area (Å²) in [5.74, 6) is -0.972. The fraction of sp³-hybridized carbons (Fsp3) is 0.833. The van der Waals surface area contributed by atoms with Crippen molar-refractivity contribution in [3.05, 3.63) is 0 Å². The molecule has 5 nitrogen and oxygen atoms in total. The van der Waals surface area contributed by atoms with E-state index in [0.29, 0.717) is 11.7 Å². The van der Waals surface area contributed by atoms with E-state index in [1.54, 1.807) is 11.8 Å². The molecule has 1 rings (SSSR count). The van der Waals surface area contributed by atoms with Gasteiger partial charge in [-0.1, -0.05) is 19.8 Å². The number of carboxylic acids is 1. The Labute approximate surface area is 112 Å². The predicted molar refractivity (Wildman–Crippen MR) is 72.9 cm³/mol. The van der Waals surface area contributed by atoms with E-state index in [4.69, 9.17) is 5.11 Å². The van der Waals surface area contributed by atoms with Gasteiger partial charge in [0.05, 0.1) is 0 Å². The zero-order chi connectivity index (χ0) is 13.5. The van der Waals surface area contributed by atoms with Crippen molar-refractivity contribution in [1.29, 1.82) is 0 Å². The van der Waals surface area contributed by atoms with Crippen LogP contribution in [0, 0.1) is 0 Å². The first kappa shape index (κ1) is 15.1. The minimum atomic E-state index is -0.972. The van der Waals surface area contributed by atoms with Crippen molar-refractivity contribution in [3.8, 4) is 0 Å². The van der Waals surface area contributed by atoms with Crippen molar-refractivity contribution in [1.82, 2.24) is 10.6 Å². The van der Waals surface area contributed by atoms with Crippen LogP contribution in [-0.2, 0) is 4.79 Å². The molecule has 0 aromatic carbocycles. The van der Waals surface area contributed by atoms with Crippen LogP contribution in [0.4, 0.5) is 4.79 Å². The van der Waals surface area contributed by atoms with E-state index in [0.717, 1.165) is 25.7 Å². The third-order valence-electron chi connectivity index (χ3n) is 3.25. The van der Waals surface area contributed by atoms with Crippen molar-refractivity contribution < 1.29 is 14.7 Å². The largest absolute Gasteiger partial charge is 0.480 e. The van der Waals surface area contributed by atoms with Gasteiger partial charge < -0.3 is 15.7 Å². The number of hydrogen-bond donors (Lipinski definition) is 3. The van der Waals surface area contributed by atoms with E-state index in [1.807, 2.05) is 13.2 Å². The number of hydrogen-bond acceptors (Lipinski definition) is 3. The fourth-order valence-corrected chi connectivity index (χ4v) is 3.22. The number of aliphatic carboxylic acids is 1. The summed E-state index contributed by atoms with van der Waals surface area (Å²) in [7, 11) is 0. The SMILES string of the molecule is CCC[C@@H](NC(=O)NC1CCCC1SC)C(=O)O. The Morgan fingerprint density at radius 2 is 2.17 bits per heavy atom. The summed E-state index contributed by atoms with van der Waals surface area (Å²) in [6, 6.07) is -0.984. The van der Waals surface area contributed by atoms with Crippen molar-refractivity contribution in [2.75, 3.05) is 6.26 Å². The fourth-order valence-electron chi connectivity index (χ4n) is 2.29. The first-order valence-electron chi connectivity index (χ1n) is 6.41. The molecule has 3 atom stereocenters. The third-order valence-corrected chi connectivity index (χ3v) is 4.42. The van der Waals surface area contributed by atoms with Gasteiger partial charge in [0.1, 0.15) is 6.04 Å². The van der Waals surface area contributed by atoms with Crippen LogP contribution in [0.2, 0.25) is 0 Å². The monoisotopic (exact) mass is 274 g/mol. The lowest BCUT2D eigenvalue weighted by molar-refractivity contribution is -0.139. The van der Waals surface area contributed by atoms with E-state index >= 15 is 0 Å². The van der Waals surface area contributed by atoms with Gasteiger partial charge in [-0.2, -0.15) is 11.8 Å². The maximum atomic E-state index is 11.8. The van der Waals surface area contributed by atoms with Gasteiger partial charge in [0.25, 0.3) is 0 Å². The number of carbonyl (C=O) groups is 2. The summed E-state index contributed by atoms with van der Waals surface area (Å²) in [6.07, 6.45) is 6.44. The molecule has 0 aliphatic heterocycles. The maximum absolute atomic E-state index is 11.8. The smallest absolute Gasteiger partial charge is 0.326 e. The summed E-state index contributed by atoms with van der Waals surface area (Å²) in [5.41, 5.74) is 0. The Bertz CT molecular complexity index is 299. The number of nitrogens with one attached hydrogen (secondary N) is 2. The van der Waals surface area contributed by atoms with Crippen LogP contribution in [-0.4, -0.2) is 40.7 Å². The molecule has 2 unspecified atom stereocenters. The molecule has 1 saturated carbocycles. The Balaban J connectivity index is 2.42. The molecule has 2 amide bonds. The van der Waals surface area contributed by atoms with Gasteiger partial charge in [0.15, 0.2) is 0 Å². The van der Waals surface area contributed by atoms with Gasteiger partial charge in [-0.05, 0) is 25.5 Å². The first-order valence-corrected chi connectivity index (χ1v) is 7.69. The van der Waals surface area contributed by atoms with E-state index in [9.17, 15) is 9.59 Å². The number of amides is 2. The Morgan fingerprint density at radius 1 is 1.44 bits per heavy atom. The topological polar surface area (TPSA) is 78.4 Å². The van der Waals surface area contributed by atoms with Crippen molar-refractivity contribution >= 4 is 23.8 Å². The van der Waals surface area contributed by atoms with Gasteiger partial charge in [-0.25, -0.2) is 9.59 Å². The standard InChI is InChI=1S/C12H22N2O3S/c1-3-5-9(11(15)16)14-12(17)13-8-6-4-7-10(8)18-2/h8-10H,3-7H2,1-2H3,(H,15,16)(H2,13,14,17)/t8?,9-,10?/m1/s1. The first-order chi connectivity index (χ1) is 8.58. The molecule has 0 aromatic rings. The van der Waals surface area contributed by atoms with Crippen molar-refractivity contribution in [2.45, 2.75) is 56.4 Å². The number of carboxylic acid groups (broad SMARTS) is 1. The lowest BCUT2D eigenvalue weighted by atomic mass is 10.2. The van der Waals surface area contributed by atoms with E-state index < -0.39 is 12.0 Å². The van der Waals surface area contributed by atoms with Gasteiger partial charge in [0, 0.05) is 11.3 Å². The van der Waals surface area contributed by atoms with Gasteiger partial charge in [0.2, 0.25) is 0 Å². The zero-order valence-electron chi connectivity index (χ0n) is 10.9. The molecule has 0 radical (unpaired) electrons. The summed E-state index contributed by atoms with van der Waals surface area (Å²) in [4.78, 5) is 22.7. The van der Waals surface area contributed by atoms with Crippen LogP contribution >= 0.6 is 11.8 Å². The predicted octanol–water partition coefficient (Wildman–Crippen LogP) is 1.82. The zero-order valence-corrected chi connectivity index (χ0v) is 11.8. The molecular formula is C12H22N2O3S. The lowest BCUT2D eigenvalue weighted by Crippen LogP contribution is -2.50. The maximum Gasteiger partial charge on any atom is 0.326 e. The van der Waals surface area contributed by atoms with Crippen LogP contribution in [0.3, 0.4) is 0 Å². The average Bonchev–Trinajstić information content (AvgIpc) is 2.75. The molecule has 0 saturated heterocycles. The highest BCUT2D eigenvalue weighted by molar-refractivity contribution is 7.99. The molecule has 0 bridgehead atoms. The summed E-state index contributed by atoms with van der Waals surface area (Å²) >= 11 is 1.76. The van der Waals surface area contributed by atoms with Gasteiger partial charge >= 0.3 is 12.0 Å². The van der Waals surface area contributed by atoms with Gasteiger partial charge in [-0.3, -0.25) is 0 Å². The lowest BCUT2D eigenvalue weighted by Gasteiger charge is -2.21. The molecular weight excluding hydrogens is 252 g/mol. The Morgan fingerprint density at radius 3 is 2.72 bits per heavy atom. The molecule has 0 spiro atoms. The van der Waals surface area contributed by atoms with Crippen LogP contribution < -0.4 is 10.6 Å². The number of rotatable bonds is 6. The second-order valence-corrected chi connectivity index (χ2v) is 5.69. The summed E-state index contributed by atoms with van der Waals surface area (Å²) < 4.78 is 0. The summed E-state index contributed by atoms with van der Waals surface area (Å²) in [5, 5.41) is 14.8. The number of thioether (sulfide) groups is 1. The highest BCUT2D eigenvalue weighted by Gasteiger charge is 2.28. The second kappa shape index (κ2) is 7.51. The molecule has 0 heterocycles. The molecule has 1 aliphatic carbocycles. The number of carbonyl (C=O) groups excluding carboxylic acids is 1. The minimum absolute atomic E-state index is 0.163. The highest BCUT2D eigenvalue weighted by atomic mass is 32.2. The number of urea groups is 1. The molecule has 1 fully saturated rings. The van der Waals surface area contributed by atoms with Crippen LogP contribution in [0.25, 0.3) is 0 Å². The molecule has 1 aliphatic rings. The molecule has 0 aromatic heterocycles. The normalized spacial score (nSPS) is 24.6. The quantitative estimate of drug-likeness (QED) is 0.690. The highest BCUT2D eigenvalue weighted by Crippen LogP contribution is 2.28. The molecule has 6 heteroatoms. The second-order valence-electron chi connectivity index (χ2n) is 4.61. The summed E-state index contributed by atoms with van der Waals surface area (Å²) in [6.45, 7) is 1.90. The van der Waals surface area contributed by atoms with Crippen LogP contribution in [0.5, 0.6) is 0 Å². The van der Waals surface area contributed by atoms with E-state index in [2.05, 4.69) is 10.6 Å². The Hall–Kier alpha value is -0.910. The van der Waals surface area contributed by atoms with Gasteiger partial charge in [-0.15, -0.1) is 0 Å². The van der Waals surface area contributed by atoms with Crippen LogP contribution in [0.1, 0.15) is 39.0 Å². The van der Waals surface area contributed by atoms with E-state index in [1.165, 1.54) is 0 Å². The third kappa shape index (κ3) is 4.40. The van der Waals surface area contributed by atoms with Crippen molar-refractivity contribution in [2.24, 2.45) is 0 Å². The Kier molecular flexibility index (Phi) is 6.32. The molecule has 18 heavy (non-hydrogen) atoms. The molecule has 3 N–H and O–H groups in total. The van der Waals surface area contributed by atoms with Crippen molar-refractivity contribution in [3.63, 3.8) is 0 Å². The molecule has 104 valence electrons.